The van der Waals surface area contributed by atoms with E-state index in [1.807, 2.05) is 19.9 Å². The smallest absolute Gasteiger partial charge is 0.308 e. The van der Waals surface area contributed by atoms with Crippen molar-refractivity contribution < 1.29 is 19.2 Å². The first-order valence-corrected chi connectivity index (χ1v) is 8.99. The van der Waals surface area contributed by atoms with E-state index in [-0.39, 0.29) is 23.8 Å². The quantitative estimate of drug-likeness (QED) is 0.441. The third-order valence-electron chi connectivity index (χ3n) is 4.04. The fourth-order valence-corrected chi connectivity index (χ4v) is 3.01. The molecular formula is C21H24N2O5. The Labute approximate surface area is 163 Å². The number of nitrogens with one attached hydrogen (secondary N) is 1. The molecule has 0 aliphatic carbocycles. The minimum absolute atomic E-state index is 0.162. The van der Waals surface area contributed by atoms with Gasteiger partial charge in [0, 0.05) is 11.6 Å². The molecule has 7 nitrogen and oxygen atoms in total. The van der Waals surface area contributed by atoms with Gasteiger partial charge in [0.05, 0.1) is 29.1 Å². The summed E-state index contributed by atoms with van der Waals surface area (Å²) in [6, 6.07) is 10.6. The van der Waals surface area contributed by atoms with E-state index in [0.717, 1.165) is 11.1 Å². The standard InChI is InChI=1S/C21H24N2O5/c1-13(2)28-20(24)12-18(17-7-5-6-8-19(17)23(26)27)22-21(25)16-10-14(3)9-15(4)11-16/h5-11,13,18H,12H2,1-4H3,(H,22,25). The summed E-state index contributed by atoms with van der Waals surface area (Å²) in [5, 5.41) is 14.2. The van der Waals surface area contributed by atoms with Gasteiger partial charge in [0.2, 0.25) is 0 Å². The molecule has 0 heterocycles. The summed E-state index contributed by atoms with van der Waals surface area (Å²) in [7, 11) is 0. The summed E-state index contributed by atoms with van der Waals surface area (Å²) in [6.45, 7) is 7.19. The van der Waals surface area contributed by atoms with Gasteiger partial charge in [0.25, 0.3) is 11.6 Å². The van der Waals surface area contributed by atoms with Crippen LogP contribution in [0.15, 0.2) is 42.5 Å². The fraction of sp³-hybridized carbons (Fsp3) is 0.333. The van der Waals surface area contributed by atoms with Gasteiger partial charge in [-0.1, -0.05) is 35.4 Å². The number of para-hydroxylation sites is 1. The van der Waals surface area contributed by atoms with Crippen molar-refractivity contribution in [2.75, 3.05) is 0 Å². The Bertz CT molecular complexity index is 872. The van der Waals surface area contributed by atoms with Crippen LogP contribution in [0.5, 0.6) is 0 Å². The van der Waals surface area contributed by atoms with E-state index in [1.54, 1.807) is 32.0 Å². The number of hydrogen-bond acceptors (Lipinski definition) is 5. The second-order valence-electron chi connectivity index (χ2n) is 6.96. The Morgan fingerprint density at radius 3 is 2.29 bits per heavy atom. The topological polar surface area (TPSA) is 98.5 Å². The van der Waals surface area contributed by atoms with Gasteiger partial charge in [-0.05, 0) is 39.8 Å². The second-order valence-corrected chi connectivity index (χ2v) is 6.96. The number of benzene rings is 2. The van der Waals surface area contributed by atoms with Crippen LogP contribution in [-0.4, -0.2) is 22.9 Å². The summed E-state index contributed by atoms with van der Waals surface area (Å²) in [6.07, 6.45) is -0.534. The molecule has 1 amide bonds. The van der Waals surface area contributed by atoms with Crippen molar-refractivity contribution in [2.45, 2.75) is 46.3 Å². The van der Waals surface area contributed by atoms with Gasteiger partial charge < -0.3 is 10.1 Å². The van der Waals surface area contributed by atoms with E-state index in [4.69, 9.17) is 4.74 Å². The number of rotatable bonds is 7. The number of ether oxygens (including phenoxy) is 1. The predicted octanol–water partition coefficient (Wildman–Crippen LogP) is 4.02. The SMILES string of the molecule is Cc1cc(C)cc(C(=O)NC(CC(=O)OC(C)C)c2ccccc2[N+](=O)[O-])c1. The van der Waals surface area contributed by atoms with E-state index in [0.29, 0.717) is 5.56 Å². The van der Waals surface area contributed by atoms with Crippen LogP contribution in [0.25, 0.3) is 0 Å². The Balaban J connectivity index is 2.37. The Kier molecular flexibility index (Phi) is 6.87. The van der Waals surface area contributed by atoms with Crippen LogP contribution in [0.2, 0.25) is 0 Å². The first kappa shape index (κ1) is 21.1. The molecule has 1 N–H and O–H groups in total. The van der Waals surface area contributed by atoms with E-state index in [1.165, 1.54) is 18.2 Å². The van der Waals surface area contributed by atoms with E-state index in [2.05, 4.69) is 5.32 Å². The molecule has 2 aromatic rings. The molecule has 0 aliphatic heterocycles. The van der Waals surface area contributed by atoms with Crippen molar-refractivity contribution >= 4 is 17.6 Å². The number of nitro groups is 1. The van der Waals surface area contributed by atoms with Crippen LogP contribution in [0.3, 0.4) is 0 Å². The first-order chi connectivity index (χ1) is 13.2. The number of carbonyl (C=O) groups excluding carboxylic acids is 2. The van der Waals surface area contributed by atoms with Gasteiger partial charge >= 0.3 is 5.97 Å². The van der Waals surface area contributed by atoms with Gasteiger partial charge in [-0.25, -0.2) is 0 Å². The molecule has 0 fully saturated rings. The molecule has 2 aromatic carbocycles. The van der Waals surface area contributed by atoms with Crippen LogP contribution in [0.1, 0.15) is 53.4 Å². The van der Waals surface area contributed by atoms with Crippen molar-refractivity contribution in [3.8, 4) is 0 Å². The van der Waals surface area contributed by atoms with Crippen molar-refractivity contribution in [3.05, 3.63) is 74.8 Å². The monoisotopic (exact) mass is 384 g/mol. The lowest BCUT2D eigenvalue weighted by Gasteiger charge is -2.20. The Morgan fingerprint density at radius 1 is 1.11 bits per heavy atom. The zero-order valence-corrected chi connectivity index (χ0v) is 16.4. The Morgan fingerprint density at radius 2 is 1.71 bits per heavy atom. The normalized spacial score (nSPS) is 11.8. The number of carbonyl (C=O) groups is 2. The molecule has 0 aromatic heterocycles. The molecule has 0 saturated carbocycles. The third-order valence-corrected chi connectivity index (χ3v) is 4.04. The minimum atomic E-state index is -0.888. The first-order valence-electron chi connectivity index (χ1n) is 8.99. The van der Waals surface area contributed by atoms with Crippen LogP contribution < -0.4 is 5.32 Å². The molecule has 0 saturated heterocycles. The molecule has 148 valence electrons. The highest BCUT2D eigenvalue weighted by atomic mass is 16.6. The maximum Gasteiger partial charge on any atom is 0.308 e. The number of aryl methyl sites for hydroxylation is 2. The van der Waals surface area contributed by atoms with E-state index >= 15 is 0 Å². The molecular weight excluding hydrogens is 360 g/mol. The second kappa shape index (κ2) is 9.12. The van der Waals surface area contributed by atoms with Crippen molar-refractivity contribution in [1.82, 2.24) is 5.32 Å². The van der Waals surface area contributed by atoms with Crippen molar-refractivity contribution in [1.29, 1.82) is 0 Å². The molecule has 1 atom stereocenters. The van der Waals surface area contributed by atoms with Crippen LogP contribution in [0.4, 0.5) is 5.69 Å². The average molecular weight is 384 g/mol. The predicted molar refractivity (Wildman–Crippen MR) is 105 cm³/mol. The number of esters is 1. The molecule has 0 radical (unpaired) electrons. The van der Waals surface area contributed by atoms with E-state index in [9.17, 15) is 19.7 Å². The van der Waals surface area contributed by atoms with Gasteiger partial charge in [-0.2, -0.15) is 0 Å². The van der Waals surface area contributed by atoms with Crippen LogP contribution in [-0.2, 0) is 9.53 Å². The van der Waals surface area contributed by atoms with Gasteiger partial charge in [-0.15, -0.1) is 0 Å². The fourth-order valence-electron chi connectivity index (χ4n) is 3.01. The van der Waals surface area contributed by atoms with Gasteiger partial charge in [-0.3, -0.25) is 19.7 Å². The third kappa shape index (κ3) is 5.64. The highest BCUT2D eigenvalue weighted by Crippen LogP contribution is 2.28. The highest BCUT2D eigenvalue weighted by molar-refractivity contribution is 5.95. The summed E-state index contributed by atoms with van der Waals surface area (Å²) >= 11 is 0. The lowest BCUT2D eigenvalue weighted by Crippen LogP contribution is -2.31. The average Bonchev–Trinajstić information content (AvgIpc) is 2.59. The zero-order valence-electron chi connectivity index (χ0n) is 16.4. The Hall–Kier alpha value is -3.22. The van der Waals surface area contributed by atoms with Crippen LogP contribution >= 0.6 is 0 Å². The van der Waals surface area contributed by atoms with Crippen molar-refractivity contribution in [3.63, 3.8) is 0 Å². The number of amides is 1. The molecule has 0 aliphatic rings. The highest BCUT2D eigenvalue weighted by Gasteiger charge is 2.27. The lowest BCUT2D eigenvalue weighted by molar-refractivity contribution is -0.385. The van der Waals surface area contributed by atoms with Gasteiger partial charge in [0.1, 0.15) is 0 Å². The number of hydrogen-bond donors (Lipinski definition) is 1. The van der Waals surface area contributed by atoms with Gasteiger partial charge in [0.15, 0.2) is 0 Å². The summed E-state index contributed by atoms with van der Waals surface area (Å²) in [5.74, 6) is -0.953. The minimum Gasteiger partial charge on any atom is -0.463 e. The summed E-state index contributed by atoms with van der Waals surface area (Å²) < 4.78 is 5.17. The molecule has 7 heteroatoms. The van der Waals surface area contributed by atoms with Crippen molar-refractivity contribution in [2.24, 2.45) is 0 Å². The molecule has 0 bridgehead atoms. The summed E-state index contributed by atoms with van der Waals surface area (Å²) in [5.41, 5.74) is 2.37. The maximum absolute atomic E-state index is 12.8. The maximum atomic E-state index is 12.8. The number of nitrogens with zero attached hydrogens (tertiary/aromatic N) is 1. The lowest BCUT2D eigenvalue weighted by atomic mass is 10.0. The van der Waals surface area contributed by atoms with Crippen LogP contribution in [0, 0.1) is 24.0 Å². The summed E-state index contributed by atoms with van der Waals surface area (Å²) in [4.78, 5) is 35.9. The van der Waals surface area contributed by atoms with E-state index < -0.39 is 22.8 Å². The molecule has 0 spiro atoms. The number of nitro benzene ring substituents is 1. The molecule has 1 unspecified atom stereocenters. The zero-order chi connectivity index (χ0) is 20.8. The largest absolute Gasteiger partial charge is 0.463 e. The molecule has 2 rings (SSSR count). The molecule has 28 heavy (non-hydrogen) atoms.